The van der Waals surface area contributed by atoms with Gasteiger partial charge < -0.3 is 32.5 Å². The molecule has 0 bridgehead atoms. The fourth-order valence-electron chi connectivity index (χ4n) is 2.43. The number of rotatable bonds is 10. The predicted molar refractivity (Wildman–Crippen MR) is 103 cm³/mol. The molecule has 0 spiro atoms. The standard InChI is InChI=1S/C18H29N5O4/c1-11(2)9-14(19)16(25)23-15(7-8-21-18(20)27)17(26)22-13-5-3-12(10-24)4-6-13/h3-6,11,14-15,24H,7-10,19H2,1-2H3,(H,22,26)(H,23,25)(H3,20,21,27)/t14-,15-/m0/s1. The average molecular weight is 379 g/mol. The number of aliphatic hydroxyl groups excluding tert-OH is 1. The molecule has 1 rings (SSSR count). The van der Waals surface area contributed by atoms with Gasteiger partial charge in [0.15, 0.2) is 0 Å². The summed E-state index contributed by atoms with van der Waals surface area (Å²) < 4.78 is 0. The molecule has 1 aromatic carbocycles. The summed E-state index contributed by atoms with van der Waals surface area (Å²) in [7, 11) is 0. The van der Waals surface area contributed by atoms with Crippen LogP contribution in [0.1, 0.15) is 32.3 Å². The molecule has 150 valence electrons. The largest absolute Gasteiger partial charge is 0.392 e. The average Bonchev–Trinajstić information content (AvgIpc) is 2.60. The lowest BCUT2D eigenvalue weighted by Crippen LogP contribution is -2.51. The van der Waals surface area contributed by atoms with Crippen LogP contribution in [-0.4, -0.2) is 41.6 Å². The minimum Gasteiger partial charge on any atom is -0.392 e. The van der Waals surface area contributed by atoms with Crippen LogP contribution in [0.3, 0.4) is 0 Å². The van der Waals surface area contributed by atoms with Crippen LogP contribution < -0.4 is 27.4 Å². The second kappa shape index (κ2) is 11.1. The highest BCUT2D eigenvalue weighted by atomic mass is 16.3. The highest BCUT2D eigenvalue weighted by Crippen LogP contribution is 2.11. The van der Waals surface area contributed by atoms with Crippen LogP contribution in [-0.2, 0) is 16.2 Å². The van der Waals surface area contributed by atoms with Gasteiger partial charge in [-0.2, -0.15) is 0 Å². The highest BCUT2D eigenvalue weighted by molar-refractivity contribution is 5.97. The Labute approximate surface area is 158 Å². The quantitative estimate of drug-likeness (QED) is 0.338. The summed E-state index contributed by atoms with van der Waals surface area (Å²) in [6, 6.07) is 4.32. The number of carbonyl (C=O) groups excluding carboxylic acids is 3. The SMILES string of the molecule is CC(C)C[C@H](N)C(=O)N[C@@H](CCNC(N)=O)C(=O)Nc1ccc(CO)cc1. The molecule has 9 nitrogen and oxygen atoms in total. The Bertz CT molecular complexity index is 633. The second-order valence-corrected chi connectivity index (χ2v) is 6.72. The van der Waals surface area contributed by atoms with Gasteiger partial charge in [-0.15, -0.1) is 0 Å². The van der Waals surface area contributed by atoms with Gasteiger partial charge >= 0.3 is 6.03 Å². The first-order valence-electron chi connectivity index (χ1n) is 8.82. The van der Waals surface area contributed by atoms with Crippen LogP contribution in [0.5, 0.6) is 0 Å². The zero-order valence-corrected chi connectivity index (χ0v) is 15.7. The molecule has 0 aromatic heterocycles. The monoisotopic (exact) mass is 379 g/mol. The minimum absolute atomic E-state index is 0.0978. The van der Waals surface area contributed by atoms with Crippen molar-refractivity contribution < 1.29 is 19.5 Å². The van der Waals surface area contributed by atoms with E-state index in [2.05, 4.69) is 16.0 Å². The summed E-state index contributed by atoms with van der Waals surface area (Å²) in [5.74, 6) is -0.638. The maximum Gasteiger partial charge on any atom is 0.312 e. The molecule has 8 N–H and O–H groups in total. The number of nitrogens with one attached hydrogen (secondary N) is 3. The molecule has 27 heavy (non-hydrogen) atoms. The number of anilines is 1. The molecule has 4 amide bonds. The van der Waals surface area contributed by atoms with Crippen molar-refractivity contribution in [1.29, 1.82) is 0 Å². The summed E-state index contributed by atoms with van der Waals surface area (Å²) in [4.78, 5) is 35.7. The van der Waals surface area contributed by atoms with E-state index in [-0.39, 0.29) is 25.5 Å². The smallest absolute Gasteiger partial charge is 0.312 e. The molecule has 0 aliphatic heterocycles. The second-order valence-electron chi connectivity index (χ2n) is 6.72. The first kappa shape index (κ1) is 22.4. The van der Waals surface area contributed by atoms with E-state index in [9.17, 15) is 14.4 Å². The van der Waals surface area contributed by atoms with Gasteiger partial charge in [0.1, 0.15) is 6.04 Å². The number of hydrogen-bond acceptors (Lipinski definition) is 5. The Kier molecular flexibility index (Phi) is 9.24. The molecule has 0 aliphatic rings. The molecule has 0 aliphatic carbocycles. The summed E-state index contributed by atoms with van der Waals surface area (Å²) in [5, 5.41) is 16.8. The lowest BCUT2D eigenvalue weighted by atomic mass is 10.0. The topological polar surface area (TPSA) is 160 Å². The van der Waals surface area contributed by atoms with Crippen molar-refractivity contribution >= 4 is 23.5 Å². The molecular weight excluding hydrogens is 350 g/mol. The van der Waals surface area contributed by atoms with Gasteiger partial charge in [0.25, 0.3) is 0 Å². The molecular formula is C18H29N5O4. The molecule has 0 unspecified atom stereocenters. The Hall–Kier alpha value is -2.65. The third kappa shape index (κ3) is 8.52. The van der Waals surface area contributed by atoms with E-state index in [0.717, 1.165) is 0 Å². The first-order chi connectivity index (χ1) is 12.7. The van der Waals surface area contributed by atoms with Crippen molar-refractivity contribution in [2.45, 2.75) is 45.4 Å². The zero-order valence-electron chi connectivity index (χ0n) is 15.7. The van der Waals surface area contributed by atoms with Crippen molar-refractivity contribution in [1.82, 2.24) is 10.6 Å². The lowest BCUT2D eigenvalue weighted by molar-refractivity contribution is -0.127. The molecule has 0 fully saturated rings. The minimum atomic E-state index is -0.889. The number of aliphatic hydroxyl groups is 1. The van der Waals surface area contributed by atoms with Crippen molar-refractivity contribution in [3.8, 4) is 0 Å². The summed E-state index contributed by atoms with van der Waals surface area (Å²) >= 11 is 0. The van der Waals surface area contributed by atoms with E-state index < -0.39 is 29.9 Å². The van der Waals surface area contributed by atoms with Gasteiger partial charge in [-0.1, -0.05) is 26.0 Å². The molecule has 9 heteroatoms. The molecule has 0 saturated heterocycles. The van der Waals surface area contributed by atoms with Gasteiger partial charge in [0.2, 0.25) is 11.8 Å². The van der Waals surface area contributed by atoms with Crippen LogP contribution in [0.4, 0.5) is 10.5 Å². The maximum atomic E-state index is 12.6. The number of primary amides is 1. The summed E-state index contributed by atoms with van der Waals surface area (Å²) in [6.45, 7) is 3.92. The first-order valence-corrected chi connectivity index (χ1v) is 8.82. The zero-order chi connectivity index (χ0) is 20.4. The van der Waals surface area contributed by atoms with Crippen LogP contribution in [0.2, 0.25) is 0 Å². The van der Waals surface area contributed by atoms with Gasteiger partial charge in [0, 0.05) is 12.2 Å². The molecule has 1 aromatic rings. The number of carbonyl (C=O) groups is 3. The Morgan fingerprint density at radius 3 is 2.26 bits per heavy atom. The Balaban J connectivity index is 2.76. The van der Waals surface area contributed by atoms with Crippen molar-refractivity contribution in [2.75, 3.05) is 11.9 Å². The number of amides is 4. The third-order valence-corrected chi connectivity index (χ3v) is 3.83. The summed E-state index contributed by atoms with van der Waals surface area (Å²) in [5.41, 5.74) is 12.1. The Morgan fingerprint density at radius 1 is 1.11 bits per heavy atom. The van der Waals surface area contributed by atoms with Crippen LogP contribution in [0, 0.1) is 5.92 Å². The molecule has 2 atom stereocenters. The van der Waals surface area contributed by atoms with Crippen LogP contribution >= 0.6 is 0 Å². The highest BCUT2D eigenvalue weighted by Gasteiger charge is 2.24. The van der Waals surface area contributed by atoms with E-state index in [4.69, 9.17) is 16.6 Å². The van der Waals surface area contributed by atoms with Crippen molar-refractivity contribution in [3.05, 3.63) is 29.8 Å². The van der Waals surface area contributed by atoms with Crippen molar-refractivity contribution in [3.63, 3.8) is 0 Å². The van der Waals surface area contributed by atoms with Gasteiger partial charge in [-0.05, 0) is 36.5 Å². The fraction of sp³-hybridized carbons (Fsp3) is 0.500. The third-order valence-electron chi connectivity index (χ3n) is 3.83. The molecule has 0 radical (unpaired) electrons. The van der Waals surface area contributed by atoms with E-state index in [0.29, 0.717) is 17.7 Å². The maximum absolute atomic E-state index is 12.6. The van der Waals surface area contributed by atoms with Gasteiger partial charge in [-0.25, -0.2) is 4.79 Å². The normalized spacial score (nSPS) is 12.9. The Morgan fingerprint density at radius 2 is 1.74 bits per heavy atom. The van der Waals surface area contributed by atoms with E-state index in [1.807, 2.05) is 13.8 Å². The van der Waals surface area contributed by atoms with E-state index in [1.54, 1.807) is 24.3 Å². The fourth-order valence-corrected chi connectivity index (χ4v) is 2.43. The molecule has 0 saturated carbocycles. The number of benzene rings is 1. The van der Waals surface area contributed by atoms with Crippen molar-refractivity contribution in [2.24, 2.45) is 17.4 Å². The predicted octanol–water partition coefficient (Wildman–Crippen LogP) is 0.0340. The van der Waals surface area contributed by atoms with Gasteiger partial charge in [0.05, 0.1) is 12.6 Å². The number of urea groups is 1. The van der Waals surface area contributed by atoms with E-state index >= 15 is 0 Å². The lowest BCUT2D eigenvalue weighted by Gasteiger charge is -2.21. The number of hydrogen-bond donors (Lipinski definition) is 6. The van der Waals surface area contributed by atoms with Crippen LogP contribution in [0.15, 0.2) is 24.3 Å². The van der Waals surface area contributed by atoms with E-state index in [1.165, 1.54) is 0 Å². The van der Waals surface area contributed by atoms with Crippen LogP contribution in [0.25, 0.3) is 0 Å². The molecule has 0 heterocycles. The van der Waals surface area contributed by atoms with Gasteiger partial charge in [-0.3, -0.25) is 9.59 Å². The number of nitrogens with two attached hydrogens (primary N) is 2. The summed E-state index contributed by atoms with van der Waals surface area (Å²) in [6.07, 6.45) is 0.645.